The molecule has 23 heavy (non-hydrogen) atoms. The van der Waals surface area contributed by atoms with E-state index in [2.05, 4.69) is 10.2 Å². The molecular weight excluding hydrogens is 305 g/mol. The van der Waals surface area contributed by atoms with Crippen molar-refractivity contribution in [3.8, 4) is 0 Å². The van der Waals surface area contributed by atoms with E-state index in [1.807, 2.05) is 6.92 Å². The van der Waals surface area contributed by atoms with E-state index in [-0.39, 0.29) is 11.9 Å². The summed E-state index contributed by atoms with van der Waals surface area (Å²) in [5.41, 5.74) is 0.213. The molecule has 0 spiro atoms. The van der Waals surface area contributed by atoms with Gasteiger partial charge in [0.1, 0.15) is 0 Å². The molecule has 6 heteroatoms. The van der Waals surface area contributed by atoms with Crippen LogP contribution >= 0.6 is 0 Å². The van der Waals surface area contributed by atoms with E-state index in [9.17, 15) is 18.0 Å². The number of rotatable bonds is 5. The minimum absolute atomic E-state index is 0.0124. The van der Waals surface area contributed by atoms with Crippen LogP contribution in [0.15, 0.2) is 24.3 Å². The fraction of sp³-hybridized carbons (Fsp3) is 0.588. The molecule has 128 valence electrons. The Morgan fingerprint density at radius 1 is 1.26 bits per heavy atom. The average molecular weight is 328 g/mol. The summed E-state index contributed by atoms with van der Waals surface area (Å²) in [7, 11) is 0. The van der Waals surface area contributed by atoms with Crippen LogP contribution in [0, 0.1) is 0 Å². The molecule has 1 N–H and O–H groups in total. The monoisotopic (exact) mass is 328 g/mol. The number of likely N-dealkylation sites (tertiary alicyclic amines) is 1. The third kappa shape index (κ3) is 4.96. The number of carbonyl (C=O) groups excluding carboxylic acids is 1. The lowest BCUT2D eigenvalue weighted by molar-refractivity contribution is -0.137. The van der Waals surface area contributed by atoms with Crippen molar-refractivity contribution in [3.63, 3.8) is 0 Å². The number of carbonyl (C=O) groups is 1. The quantitative estimate of drug-likeness (QED) is 0.892. The molecule has 1 aliphatic heterocycles. The molecule has 1 fully saturated rings. The fourth-order valence-corrected chi connectivity index (χ4v) is 2.96. The van der Waals surface area contributed by atoms with Crippen molar-refractivity contribution >= 4 is 5.91 Å². The zero-order chi connectivity index (χ0) is 16.9. The number of piperidine rings is 1. The Hall–Kier alpha value is -1.56. The summed E-state index contributed by atoms with van der Waals surface area (Å²) >= 11 is 0. The summed E-state index contributed by atoms with van der Waals surface area (Å²) in [4.78, 5) is 14.0. The summed E-state index contributed by atoms with van der Waals surface area (Å²) < 4.78 is 38.0. The molecule has 1 aromatic carbocycles. The van der Waals surface area contributed by atoms with Crippen LogP contribution in [0.4, 0.5) is 13.2 Å². The maximum absolute atomic E-state index is 12.7. The number of halogens is 3. The molecule has 2 rings (SSSR count). The Balaban J connectivity index is 2.07. The van der Waals surface area contributed by atoms with Gasteiger partial charge in [-0.2, -0.15) is 13.2 Å². The predicted octanol–water partition coefficient (Wildman–Crippen LogP) is 3.76. The highest BCUT2D eigenvalue weighted by molar-refractivity contribution is 5.78. The van der Waals surface area contributed by atoms with Crippen molar-refractivity contribution in [1.82, 2.24) is 10.2 Å². The van der Waals surface area contributed by atoms with Crippen molar-refractivity contribution in [2.45, 2.75) is 44.8 Å². The molecule has 3 nitrogen and oxygen atoms in total. The molecule has 0 bridgehead atoms. The zero-order valence-electron chi connectivity index (χ0n) is 13.3. The second-order valence-electron chi connectivity index (χ2n) is 5.95. The summed E-state index contributed by atoms with van der Waals surface area (Å²) in [5, 5.41) is 2.85. The Morgan fingerprint density at radius 3 is 2.57 bits per heavy atom. The van der Waals surface area contributed by atoms with Crippen LogP contribution in [-0.4, -0.2) is 30.4 Å². The first kappa shape index (κ1) is 17.8. The lowest BCUT2D eigenvalue weighted by Crippen LogP contribution is -2.41. The number of hydrogen-bond acceptors (Lipinski definition) is 2. The first-order chi connectivity index (χ1) is 10.9. The van der Waals surface area contributed by atoms with Gasteiger partial charge >= 0.3 is 6.18 Å². The Bertz CT molecular complexity index is 514. The molecule has 0 aliphatic carbocycles. The summed E-state index contributed by atoms with van der Waals surface area (Å²) in [6.07, 6.45) is -0.526. The Morgan fingerprint density at radius 2 is 1.96 bits per heavy atom. The first-order valence-corrected chi connectivity index (χ1v) is 8.09. The van der Waals surface area contributed by atoms with Crippen molar-refractivity contribution in [3.05, 3.63) is 35.4 Å². The van der Waals surface area contributed by atoms with Gasteiger partial charge in [-0.25, -0.2) is 0 Å². The van der Waals surface area contributed by atoms with Gasteiger partial charge in [-0.3, -0.25) is 9.69 Å². The maximum atomic E-state index is 12.7. The standard InChI is InChI=1S/C17H23F3N2O/c1-2-10-21-16(23)12-22-11-4-3-5-15(22)13-6-8-14(9-7-13)17(18,19)20/h6-9,15H,2-5,10-12H2,1H3,(H,21,23). The van der Waals surface area contributed by atoms with E-state index >= 15 is 0 Å². The van der Waals surface area contributed by atoms with Gasteiger partial charge in [0, 0.05) is 12.6 Å². The molecule has 1 saturated heterocycles. The van der Waals surface area contributed by atoms with Crippen LogP contribution in [0.3, 0.4) is 0 Å². The molecule has 1 aromatic rings. The smallest absolute Gasteiger partial charge is 0.355 e. The molecular formula is C17H23F3N2O. The highest BCUT2D eigenvalue weighted by Gasteiger charge is 2.31. The minimum atomic E-state index is -4.31. The number of benzene rings is 1. The lowest BCUT2D eigenvalue weighted by Gasteiger charge is -2.35. The highest BCUT2D eigenvalue weighted by Crippen LogP contribution is 2.34. The average Bonchev–Trinajstić information content (AvgIpc) is 2.53. The molecule has 0 radical (unpaired) electrons. The minimum Gasteiger partial charge on any atom is -0.355 e. The zero-order valence-corrected chi connectivity index (χ0v) is 13.3. The van der Waals surface area contributed by atoms with Gasteiger partial charge < -0.3 is 5.32 Å². The van der Waals surface area contributed by atoms with E-state index < -0.39 is 11.7 Å². The number of amides is 1. The molecule has 1 heterocycles. The Kier molecular flexibility index (Phi) is 6.04. The maximum Gasteiger partial charge on any atom is 0.416 e. The van der Waals surface area contributed by atoms with Crippen molar-refractivity contribution in [2.75, 3.05) is 19.6 Å². The predicted molar refractivity (Wildman–Crippen MR) is 82.9 cm³/mol. The highest BCUT2D eigenvalue weighted by atomic mass is 19.4. The molecule has 1 atom stereocenters. The van der Waals surface area contributed by atoms with E-state index in [1.165, 1.54) is 12.1 Å². The fourth-order valence-electron chi connectivity index (χ4n) is 2.96. The van der Waals surface area contributed by atoms with E-state index in [4.69, 9.17) is 0 Å². The summed E-state index contributed by atoms with van der Waals surface area (Å²) in [6.45, 7) is 3.74. The number of hydrogen-bond donors (Lipinski definition) is 1. The topological polar surface area (TPSA) is 32.3 Å². The van der Waals surface area contributed by atoms with Gasteiger partial charge in [-0.1, -0.05) is 25.5 Å². The van der Waals surface area contributed by atoms with Crippen molar-refractivity contribution in [2.24, 2.45) is 0 Å². The number of nitrogens with zero attached hydrogens (tertiary/aromatic N) is 1. The van der Waals surface area contributed by atoms with Crippen LogP contribution in [0.1, 0.15) is 49.8 Å². The largest absolute Gasteiger partial charge is 0.416 e. The molecule has 0 saturated carbocycles. The second-order valence-corrected chi connectivity index (χ2v) is 5.95. The van der Waals surface area contributed by atoms with E-state index in [1.54, 1.807) is 0 Å². The van der Waals surface area contributed by atoms with Crippen molar-refractivity contribution < 1.29 is 18.0 Å². The Labute approximate surface area is 134 Å². The molecule has 1 unspecified atom stereocenters. The number of alkyl halides is 3. The first-order valence-electron chi connectivity index (χ1n) is 8.09. The van der Waals surface area contributed by atoms with E-state index in [0.29, 0.717) is 13.1 Å². The van der Waals surface area contributed by atoms with E-state index in [0.717, 1.165) is 49.9 Å². The summed E-state index contributed by atoms with van der Waals surface area (Å²) in [5.74, 6) is -0.0225. The molecule has 1 amide bonds. The SMILES string of the molecule is CCCNC(=O)CN1CCCCC1c1ccc(C(F)(F)F)cc1. The number of nitrogens with one attached hydrogen (secondary N) is 1. The third-order valence-electron chi connectivity index (χ3n) is 4.16. The lowest BCUT2D eigenvalue weighted by atomic mass is 9.94. The van der Waals surface area contributed by atoms with Gasteiger partial charge in [-0.15, -0.1) is 0 Å². The summed E-state index contributed by atoms with van der Waals surface area (Å²) in [6, 6.07) is 5.34. The normalized spacial score (nSPS) is 19.6. The van der Waals surface area contributed by atoms with Gasteiger partial charge in [0.25, 0.3) is 0 Å². The van der Waals surface area contributed by atoms with Crippen LogP contribution in [-0.2, 0) is 11.0 Å². The van der Waals surface area contributed by atoms with Gasteiger partial charge in [0.15, 0.2) is 0 Å². The third-order valence-corrected chi connectivity index (χ3v) is 4.16. The van der Waals surface area contributed by atoms with Crippen LogP contribution in [0.2, 0.25) is 0 Å². The van der Waals surface area contributed by atoms with Crippen molar-refractivity contribution in [1.29, 1.82) is 0 Å². The molecule has 0 aromatic heterocycles. The van der Waals surface area contributed by atoms with Gasteiger partial charge in [0.2, 0.25) is 5.91 Å². The van der Waals surface area contributed by atoms with Crippen LogP contribution in [0.5, 0.6) is 0 Å². The van der Waals surface area contributed by atoms with Crippen LogP contribution < -0.4 is 5.32 Å². The van der Waals surface area contributed by atoms with Gasteiger partial charge in [0.05, 0.1) is 12.1 Å². The molecule has 1 aliphatic rings. The van der Waals surface area contributed by atoms with Crippen LogP contribution in [0.25, 0.3) is 0 Å². The van der Waals surface area contributed by atoms with Gasteiger partial charge in [-0.05, 0) is 43.5 Å². The second kappa shape index (κ2) is 7.81.